The molecule has 0 rings (SSSR count). The Morgan fingerprint density at radius 2 is 2.27 bits per heavy atom. The fourth-order valence-electron chi connectivity index (χ4n) is 0.412. The number of carbonyl (C=O) groups is 2. The summed E-state index contributed by atoms with van der Waals surface area (Å²) in [5, 5.41) is 19.0. The van der Waals surface area contributed by atoms with E-state index >= 15 is 0 Å². The molecule has 64 valence electrons. The van der Waals surface area contributed by atoms with Gasteiger partial charge in [-0.25, -0.2) is 4.79 Å². The van der Waals surface area contributed by atoms with E-state index < -0.39 is 30.8 Å². The van der Waals surface area contributed by atoms with Gasteiger partial charge in [0.1, 0.15) is 0 Å². The summed E-state index contributed by atoms with van der Waals surface area (Å²) in [5.41, 5.74) is 0. The number of rotatable bonds is 3. The van der Waals surface area contributed by atoms with Gasteiger partial charge >= 0.3 is 5.97 Å². The van der Waals surface area contributed by atoms with Crippen LogP contribution in [0.15, 0.2) is 0 Å². The molecule has 0 saturated heterocycles. The highest BCUT2D eigenvalue weighted by atomic mass is 16.4. The Morgan fingerprint density at radius 3 is 2.55 bits per heavy atom. The molecule has 0 aliphatic rings. The van der Waals surface area contributed by atoms with Crippen molar-refractivity contribution < 1.29 is 26.7 Å². The van der Waals surface area contributed by atoms with Crippen molar-refractivity contribution in [2.24, 2.45) is 0 Å². The van der Waals surface area contributed by atoms with Crippen molar-refractivity contribution in [3.8, 4) is 0 Å². The summed E-state index contributed by atoms with van der Waals surface area (Å²) in [6.45, 7) is -2.51. The number of aliphatic carboxylic acids is 1. The van der Waals surface area contributed by atoms with Gasteiger partial charge in [0, 0.05) is 11.0 Å². The smallest absolute Gasteiger partial charge is 0.328 e. The quantitative estimate of drug-likeness (QED) is 0.499. The number of nitrogens with one attached hydrogen (secondary N) is 1. The number of carbonyl (C=O) groups excluding carboxylic acids is 1. The third-order valence-corrected chi connectivity index (χ3v) is 0.814. The minimum absolute atomic E-state index is 0.647. The molecule has 0 aromatic rings. The Hall–Kier alpha value is -1.10. The number of hydrogen-bond donors (Lipinski definition) is 3. The summed E-state index contributed by atoms with van der Waals surface area (Å²) >= 11 is 0. The zero-order valence-corrected chi connectivity index (χ0v) is 5.71. The first-order valence-electron chi connectivity index (χ1n) is 5.11. The van der Waals surface area contributed by atoms with Crippen LogP contribution < -0.4 is 5.32 Å². The maximum atomic E-state index is 11.0. The molecule has 11 heavy (non-hydrogen) atoms. The van der Waals surface area contributed by atoms with Crippen molar-refractivity contribution in [2.45, 2.75) is 25.9 Å². The number of amides is 1. The molecule has 0 bridgehead atoms. The lowest BCUT2D eigenvalue weighted by molar-refractivity contribution is -0.144. The number of carboxylic acids is 1. The van der Waals surface area contributed by atoms with Crippen LogP contribution in [0.25, 0.3) is 0 Å². The van der Waals surface area contributed by atoms with Gasteiger partial charge in [0.15, 0.2) is 6.02 Å². The van der Waals surface area contributed by atoms with E-state index in [2.05, 4.69) is 0 Å². The van der Waals surface area contributed by atoms with E-state index in [1.54, 1.807) is 0 Å². The van der Waals surface area contributed by atoms with Crippen molar-refractivity contribution in [1.82, 2.24) is 5.32 Å². The molecule has 5 nitrogen and oxygen atoms in total. The lowest BCUT2D eigenvalue weighted by Gasteiger charge is -2.15. The van der Waals surface area contributed by atoms with Gasteiger partial charge in [-0.1, -0.05) is 0 Å². The maximum Gasteiger partial charge on any atom is 0.328 e. The SMILES string of the molecule is [2H]C([2H])([2H])C(=O)N[C@]([2H])(C(=O)O)[C@@]([2H])(C)O. The average molecular weight is 166 g/mol. The lowest BCUT2D eigenvalue weighted by Crippen LogP contribution is -2.46. The van der Waals surface area contributed by atoms with Crippen molar-refractivity contribution in [3.63, 3.8) is 0 Å². The zero-order chi connectivity index (χ0) is 13.4. The average Bonchev–Trinajstić information content (AvgIpc) is 1.99. The molecule has 0 unspecified atom stereocenters. The molecule has 0 aromatic heterocycles. The topological polar surface area (TPSA) is 86.6 Å². The first-order valence-corrected chi connectivity index (χ1v) is 2.61. The van der Waals surface area contributed by atoms with Gasteiger partial charge in [0.2, 0.25) is 5.91 Å². The van der Waals surface area contributed by atoms with Gasteiger partial charge in [-0.15, -0.1) is 0 Å². The van der Waals surface area contributed by atoms with Crippen molar-refractivity contribution in [1.29, 1.82) is 0 Å². The van der Waals surface area contributed by atoms with E-state index in [-0.39, 0.29) is 0 Å². The highest BCUT2D eigenvalue weighted by Crippen LogP contribution is 1.91. The molecule has 0 heterocycles. The first kappa shape index (κ1) is 4.06. The van der Waals surface area contributed by atoms with Gasteiger partial charge in [-0.05, 0) is 6.92 Å². The van der Waals surface area contributed by atoms with Gasteiger partial charge < -0.3 is 15.5 Å². The second kappa shape index (κ2) is 3.92. The van der Waals surface area contributed by atoms with Gasteiger partial charge in [0.05, 0.1) is 8.82 Å². The van der Waals surface area contributed by atoms with Crippen LogP contribution in [0.1, 0.15) is 20.6 Å². The van der Waals surface area contributed by atoms with Crippen LogP contribution in [-0.2, 0) is 9.59 Å². The molecular weight excluding hydrogens is 150 g/mol. The highest BCUT2D eigenvalue weighted by Gasteiger charge is 2.23. The highest BCUT2D eigenvalue weighted by molar-refractivity contribution is 5.82. The molecule has 3 N–H and O–H groups in total. The van der Waals surface area contributed by atoms with Gasteiger partial charge in [-0.3, -0.25) is 4.79 Å². The van der Waals surface area contributed by atoms with Crippen molar-refractivity contribution >= 4 is 11.9 Å². The Labute approximate surface area is 71.1 Å². The van der Waals surface area contributed by atoms with E-state index in [4.69, 9.17) is 17.1 Å². The lowest BCUT2D eigenvalue weighted by atomic mass is 10.2. The molecule has 1 amide bonds. The van der Waals surface area contributed by atoms with Crippen LogP contribution in [-0.4, -0.2) is 34.2 Å². The molecule has 0 aliphatic heterocycles. The first-order chi connectivity index (χ1) is 6.82. The van der Waals surface area contributed by atoms with E-state index in [9.17, 15) is 9.59 Å². The maximum absolute atomic E-state index is 11.0. The predicted molar refractivity (Wildman–Crippen MR) is 36.9 cm³/mol. The molecule has 5 heteroatoms. The van der Waals surface area contributed by atoms with Crippen molar-refractivity contribution in [3.05, 3.63) is 0 Å². The van der Waals surface area contributed by atoms with Crippen LogP contribution in [0.4, 0.5) is 0 Å². The van der Waals surface area contributed by atoms with Gasteiger partial charge in [-0.2, -0.15) is 0 Å². The largest absolute Gasteiger partial charge is 0.480 e. The fraction of sp³-hybridized carbons (Fsp3) is 0.667. The fourth-order valence-corrected chi connectivity index (χ4v) is 0.412. The minimum atomic E-state index is -3.16. The van der Waals surface area contributed by atoms with Crippen LogP contribution in [0.5, 0.6) is 0 Å². The molecule has 0 radical (unpaired) electrons. The number of hydrogen-bond acceptors (Lipinski definition) is 3. The Balaban J connectivity index is 5.15. The third-order valence-electron chi connectivity index (χ3n) is 0.814. The van der Waals surface area contributed by atoms with Crippen molar-refractivity contribution in [2.75, 3.05) is 0 Å². The second-order valence-corrected chi connectivity index (χ2v) is 1.72. The number of carboxylic acid groups (broad SMARTS) is 1. The number of aliphatic hydroxyl groups is 1. The van der Waals surface area contributed by atoms with Crippen LogP contribution in [0, 0.1) is 0 Å². The second-order valence-electron chi connectivity index (χ2n) is 1.72. The normalized spacial score (nSPS) is 28.7. The molecule has 0 aliphatic carbocycles. The van der Waals surface area contributed by atoms with Crippen LogP contribution >= 0.6 is 0 Å². The Bertz CT molecular complexity index is 309. The zero-order valence-electron chi connectivity index (χ0n) is 10.7. The third kappa shape index (κ3) is 3.57. The summed E-state index contributed by atoms with van der Waals surface area (Å²) < 4.78 is 34.2. The van der Waals surface area contributed by atoms with E-state index in [0.29, 0.717) is 6.92 Å². The Kier molecular flexibility index (Phi) is 1.45. The summed E-state index contributed by atoms with van der Waals surface area (Å²) in [4.78, 5) is 21.6. The molecule has 0 fully saturated rings. The monoisotopic (exact) mass is 166 g/mol. The minimum Gasteiger partial charge on any atom is -0.480 e. The van der Waals surface area contributed by atoms with E-state index in [1.807, 2.05) is 0 Å². The van der Waals surface area contributed by atoms with Crippen LogP contribution in [0.3, 0.4) is 0 Å². The van der Waals surface area contributed by atoms with E-state index in [0.717, 1.165) is 0 Å². The summed E-state index contributed by atoms with van der Waals surface area (Å²) in [6, 6.07) is -3.15. The summed E-state index contributed by atoms with van der Waals surface area (Å²) in [5.74, 6) is -3.76. The summed E-state index contributed by atoms with van der Waals surface area (Å²) in [7, 11) is 0. The van der Waals surface area contributed by atoms with Crippen LogP contribution in [0.2, 0.25) is 0 Å². The molecule has 0 spiro atoms. The van der Waals surface area contributed by atoms with E-state index in [1.165, 1.54) is 5.32 Å². The molecular formula is C6H11NO4. The standard InChI is InChI=1S/C6H11NO4/c1-3(8)5(6(10)11)7-4(2)9/h3,5,8H,1-2H3,(H,7,9)(H,10,11)/t3-,5+/m1/s1/i2D3,3D,5D. The summed E-state index contributed by atoms with van der Waals surface area (Å²) in [6.07, 6.45) is -2.89. The molecule has 0 aromatic carbocycles. The Morgan fingerprint density at radius 1 is 1.73 bits per heavy atom. The molecule has 2 atom stereocenters. The van der Waals surface area contributed by atoms with Gasteiger partial charge in [0.25, 0.3) is 0 Å². The predicted octanol–water partition coefficient (Wildman–Crippen LogP) is -1.04. The molecule has 0 saturated carbocycles.